The van der Waals surface area contributed by atoms with E-state index in [1.165, 1.54) is 19.3 Å². The molecule has 0 aliphatic carbocycles. The molecule has 2 nitrogen and oxygen atoms in total. The van der Waals surface area contributed by atoms with E-state index >= 15 is 0 Å². The lowest BCUT2D eigenvalue weighted by Crippen LogP contribution is -2.22. The summed E-state index contributed by atoms with van der Waals surface area (Å²) in [7, 11) is 0. The van der Waals surface area contributed by atoms with E-state index in [9.17, 15) is 8.78 Å². The Hall–Kier alpha value is -0.220. The lowest BCUT2D eigenvalue weighted by molar-refractivity contribution is 0.0188. The molecule has 14 heavy (non-hydrogen) atoms. The molecule has 0 bridgehead atoms. The molecule has 0 radical (unpaired) electrons. The van der Waals surface area contributed by atoms with Crippen molar-refractivity contribution in [3.63, 3.8) is 0 Å². The summed E-state index contributed by atoms with van der Waals surface area (Å²) in [5, 5.41) is 3.15. The molecule has 0 aliphatic heterocycles. The topological polar surface area (TPSA) is 21.3 Å². The molecule has 0 aromatic heterocycles. The fourth-order valence-corrected chi connectivity index (χ4v) is 1.12. The van der Waals surface area contributed by atoms with Gasteiger partial charge in [0.15, 0.2) is 0 Å². The largest absolute Gasteiger partial charge is 0.374 e. The van der Waals surface area contributed by atoms with Gasteiger partial charge in [0, 0.05) is 6.54 Å². The molecule has 1 N–H and O–H groups in total. The number of alkyl halides is 2. The normalized spacial score (nSPS) is 11.1. The summed E-state index contributed by atoms with van der Waals surface area (Å²) >= 11 is 0. The van der Waals surface area contributed by atoms with Gasteiger partial charge in [-0.1, -0.05) is 26.2 Å². The van der Waals surface area contributed by atoms with Crippen LogP contribution in [0.5, 0.6) is 0 Å². The monoisotopic (exact) mass is 209 g/mol. The number of nitrogens with one attached hydrogen (secondary N) is 1. The van der Waals surface area contributed by atoms with E-state index in [1.807, 2.05) is 0 Å². The van der Waals surface area contributed by atoms with Crippen LogP contribution in [-0.2, 0) is 4.74 Å². The maximum Gasteiger partial charge on any atom is 0.261 e. The highest BCUT2D eigenvalue weighted by atomic mass is 19.3. The minimum atomic E-state index is -2.35. The Morgan fingerprint density at radius 3 is 2.57 bits per heavy atom. The van der Waals surface area contributed by atoms with E-state index in [1.54, 1.807) is 0 Å². The van der Waals surface area contributed by atoms with Gasteiger partial charge in [-0.25, -0.2) is 8.78 Å². The van der Waals surface area contributed by atoms with Crippen molar-refractivity contribution in [2.45, 2.75) is 39.0 Å². The average Bonchev–Trinajstić information content (AvgIpc) is 2.15. The van der Waals surface area contributed by atoms with Crippen molar-refractivity contribution in [1.82, 2.24) is 5.32 Å². The predicted molar refractivity (Wildman–Crippen MR) is 53.8 cm³/mol. The first-order valence-electron chi connectivity index (χ1n) is 5.34. The smallest absolute Gasteiger partial charge is 0.261 e. The summed E-state index contributed by atoms with van der Waals surface area (Å²) in [4.78, 5) is 0. The van der Waals surface area contributed by atoms with E-state index in [0.29, 0.717) is 13.2 Å². The summed E-state index contributed by atoms with van der Waals surface area (Å²) in [5.74, 6) is 0. The highest BCUT2D eigenvalue weighted by Crippen LogP contribution is 1.96. The number of halogens is 2. The molecule has 0 heterocycles. The van der Waals surface area contributed by atoms with Crippen LogP contribution in [0.2, 0.25) is 0 Å². The second-order valence-corrected chi connectivity index (χ2v) is 3.28. The van der Waals surface area contributed by atoms with Gasteiger partial charge in [0.2, 0.25) is 0 Å². The van der Waals surface area contributed by atoms with Crippen molar-refractivity contribution >= 4 is 0 Å². The predicted octanol–water partition coefficient (Wildman–Crippen LogP) is 2.44. The van der Waals surface area contributed by atoms with Crippen molar-refractivity contribution < 1.29 is 13.5 Å². The molecule has 0 aromatic carbocycles. The number of ether oxygens (including phenoxy) is 1. The average molecular weight is 209 g/mol. The first-order valence-corrected chi connectivity index (χ1v) is 5.34. The molecule has 0 spiro atoms. The van der Waals surface area contributed by atoms with Gasteiger partial charge < -0.3 is 10.1 Å². The first-order chi connectivity index (χ1) is 6.77. The van der Waals surface area contributed by atoms with E-state index in [4.69, 9.17) is 4.74 Å². The van der Waals surface area contributed by atoms with Crippen LogP contribution in [-0.4, -0.2) is 32.7 Å². The van der Waals surface area contributed by atoms with Gasteiger partial charge in [0.25, 0.3) is 6.43 Å². The van der Waals surface area contributed by atoms with Crippen molar-refractivity contribution in [3.05, 3.63) is 0 Å². The van der Waals surface area contributed by atoms with Crippen LogP contribution in [0.15, 0.2) is 0 Å². The van der Waals surface area contributed by atoms with Crippen LogP contribution in [0.3, 0.4) is 0 Å². The molecule has 4 heteroatoms. The van der Waals surface area contributed by atoms with E-state index < -0.39 is 13.0 Å². The van der Waals surface area contributed by atoms with Gasteiger partial charge >= 0.3 is 0 Å². The zero-order chi connectivity index (χ0) is 10.6. The summed E-state index contributed by atoms with van der Waals surface area (Å²) in [6.07, 6.45) is 2.55. The fourth-order valence-electron chi connectivity index (χ4n) is 1.12. The van der Waals surface area contributed by atoms with E-state index in [-0.39, 0.29) is 0 Å². The van der Waals surface area contributed by atoms with Crippen LogP contribution in [0.25, 0.3) is 0 Å². The Balaban J connectivity index is 2.85. The molecular formula is C10H21F2NO. The van der Waals surface area contributed by atoms with Crippen LogP contribution in [0.1, 0.15) is 32.6 Å². The van der Waals surface area contributed by atoms with Crippen LogP contribution in [0.4, 0.5) is 8.78 Å². The molecule has 0 saturated carbocycles. The Kier molecular flexibility index (Phi) is 10.7. The molecule has 0 rings (SSSR count). The molecule has 0 saturated heterocycles. The summed E-state index contributed by atoms with van der Waals surface area (Å²) in [5.41, 5.74) is 0. The highest BCUT2D eigenvalue weighted by molar-refractivity contribution is 4.48. The standard InChI is InChI=1S/C10H21F2NO/c1-2-3-4-5-6-13-7-8-14-9-10(11)12/h10,13H,2-9H2,1H3. The Morgan fingerprint density at radius 2 is 1.93 bits per heavy atom. The number of hydrogen-bond donors (Lipinski definition) is 1. The van der Waals surface area contributed by atoms with Crippen LogP contribution < -0.4 is 5.32 Å². The number of unbranched alkanes of at least 4 members (excludes halogenated alkanes) is 3. The van der Waals surface area contributed by atoms with Crippen molar-refractivity contribution in [2.24, 2.45) is 0 Å². The van der Waals surface area contributed by atoms with Gasteiger partial charge in [0.1, 0.15) is 6.61 Å². The number of hydrogen-bond acceptors (Lipinski definition) is 2. The second kappa shape index (κ2) is 10.9. The van der Waals surface area contributed by atoms with E-state index in [2.05, 4.69) is 12.2 Å². The van der Waals surface area contributed by atoms with Gasteiger partial charge in [-0.15, -0.1) is 0 Å². The summed E-state index contributed by atoms with van der Waals surface area (Å²) in [6, 6.07) is 0. The van der Waals surface area contributed by atoms with Gasteiger partial charge in [-0.05, 0) is 13.0 Å². The zero-order valence-corrected chi connectivity index (χ0v) is 8.90. The Labute approximate surface area is 85.0 Å². The molecule has 0 aromatic rings. The SMILES string of the molecule is CCCCCCNCCOCC(F)F. The lowest BCUT2D eigenvalue weighted by Gasteiger charge is -2.05. The summed E-state index contributed by atoms with van der Waals surface area (Å²) in [6.45, 7) is 3.72. The third-order valence-electron chi connectivity index (χ3n) is 1.87. The van der Waals surface area contributed by atoms with Crippen LogP contribution in [0, 0.1) is 0 Å². The third kappa shape index (κ3) is 11.8. The molecule has 86 valence electrons. The van der Waals surface area contributed by atoms with Crippen molar-refractivity contribution in [2.75, 3.05) is 26.3 Å². The lowest BCUT2D eigenvalue weighted by atomic mass is 10.2. The maximum atomic E-state index is 11.6. The fraction of sp³-hybridized carbons (Fsp3) is 1.00. The maximum absolute atomic E-state index is 11.6. The highest BCUT2D eigenvalue weighted by Gasteiger charge is 2.00. The molecule has 0 unspecified atom stereocenters. The third-order valence-corrected chi connectivity index (χ3v) is 1.87. The molecule has 0 aliphatic rings. The summed E-state index contributed by atoms with van der Waals surface area (Å²) < 4.78 is 27.9. The minimum absolute atomic E-state index is 0.373. The quantitative estimate of drug-likeness (QED) is 0.558. The Bertz CT molecular complexity index is 112. The van der Waals surface area contributed by atoms with Crippen molar-refractivity contribution in [1.29, 1.82) is 0 Å². The van der Waals surface area contributed by atoms with E-state index in [0.717, 1.165) is 13.0 Å². The molecule has 0 atom stereocenters. The van der Waals surface area contributed by atoms with Gasteiger partial charge in [0.05, 0.1) is 6.61 Å². The van der Waals surface area contributed by atoms with Crippen LogP contribution >= 0.6 is 0 Å². The minimum Gasteiger partial charge on any atom is -0.374 e. The zero-order valence-electron chi connectivity index (χ0n) is 8.90. The molecule has 0 amide bonds. The Morgan fingerprint density at radius 1 is 1.14 bits per heavy atom. The first kappa shape index (κ1) is 13.8. The number of rotatable bonds is 10. The molecular weight excluding hydrogens is 188 g/mol. The van der Waals surface area contributed by atoms with Gasteiger partial charge in [-0.3, -0.25) is 0 Å². The second-order valence-electron chi connectivity index (χ2n) is 3.28. The van der Waals surface area contributed by atoms with Gasteiger partial charge in [-0.2, -0.15) is 0 Å². The molecule has 0 fully saturated rings. The van der Waals surface area contributed by atoms with Crippen molar-refractivity contribution in [3.8, 4) is 0 Å².